The number of hydrogen-bond acceptors (Lipinski definition) is 2. The molecule has 0 bridgehead atoms. The molecule has 2 unspecified atom stereocenters. The molecule has 9 aliphatic rings. The SMILES string of the molecule is CC1(C)c2ccccc2-c2ccc(N(c3ccc4c(c3)C3(c5ccccc5-c5ccccc53)c3ccccc3-4)c3ccc4c(c3)C3(c5ccccc5-4)c4ccccc4-n4c5ccccc5c5cccc3c54)cc21.c1ccc(-c2ccc(-c3ccc(N(c4ccc5c(c4)C4(c6ccccc6-c6ccccc64)c4ccccc4-5)c4ccc5c(c4)C4(c6ccccc6-5)c5ccccc5-n5c6ccccc6c6cccc4c65)cc3)cc2)cc1. The van der Waals surface area contributed by atoms with Crippen molar-refractivity contribution in [1.82, 2.24) is 9.13 Å². The normalized spacial score (nSPS) is 15.9. The first kappa shape index (κ1) is 82.7. The highest BCUT2D eigenvalue weighted by Crippen LogP contribution is 2.70. The Morgan fingerprint density at radius 1 is 0.148 bits per heavy atom. The van der Waals surface area contributed by atoms with Gasteiger partial charge in [-0.1, -0.05) is 438 Å². The van der Waals surface area contributed by atoms with Crippen LogP contribution in [-0.4, -0.2) is 9.13 Å². The lowest BCUT2D eigenvalue weighted by molar-refractivity contribution is 0.660. The molecule has 4 heteroatoms. The fourth-order valence-corrected chi connectivity index (χ4v) is 29.8. The van der Waals surface area contributed by atoms with Crippen molar-refractivity contribution in [3.05, 3.63) is 622 Å². The van der Waals surface area contributed by atoms with E-state index < -0.39 is 21.7 Å². The molecule has 0 amide bonds. The number of hydrogen-bond donors (Lipinski definition) is 0. The van der Waals surface area contributed by atoms with E-state index in [2.05, 4.69) is 554 Å². The molecule has 23 aromatic carbocycles. The van der Waals surface area contributed by atoms with Crippen LogP contribution in [0.1, 0.15) is 114 Å². The van der Waals surface area contributed by atoms with Crippen LogP contribution in [0.3, 0.4) is 0 Å². The second-order valence-corrected chi connectivity index (χ2v) is 42.5. The van der Waals surface area contributed by atoms with Crippen LogP contribution in [-0.2, 0) is 27.1 Å². The second kappa shape index (κ2) is 30.2. The maximum Gasteiger partial charge on any atom is 0.0755 e. The number of para-hydroxylation sites is 6. The molecule has 0 fully saturated rings. The summed E-state index contributed by atoms with van der Waals surface area (Å²) >= 11 is 0. The van der Waals surface area contributed by atoms with Gasteiger partial charge in [0.1, 0.15) is 0 Å². The van der Waals surface area contributed by atoms with E-state index in [0.717, 1.165) is 34.1 Å². The minimum Gasteiger partial charge on any atom is -0.310 e. The zero-order valence-electron chi connectivity index (χ0n) is 81.9. The molecule has 4 spiro atoms. The third kappa shape index (κ3) is 10.6. The summed E-state index contributed by atoms with van der Waals surface area (Å²) in [5.41, 5.74) is 58.8. The van der Waals surface area contributed by atoms with Gasteiger partial charge in [-0.3, -0.25) is 0 Å². The van der Waals surface area contributed by atoms with E-state index in [1.165, 1.54) is 255 Å². The zero-order chi connectivity index (χ0) is 97.6. The standard InChI is InChI=1S/C74H46N2.C71H46N2/c1-2-17-47(18-3-1)48-33-35-49(36-34-48)50-37-39-51(40-38-50)75(52-41-43-58-56-21-6-11-27-64(56)73(68(58)45-52)62-25-9-4-19-54(62)55-20-5-10-26-63(55)73)53-42-44-59-57-22-7-12-28-65(57)74(69(59)46-53)66-29-13-15-32-71(66)76-70-31-14-8-23-60(70)61-24-16-30-67(74)72(61)76;1-69(2)56-25-9-3-18-46(56)51-37-34-43(40-63(51)69)72(44-35-38-52-49-21-6-12-28-59(49)70(64(52)41-44)57-26-10-4-19-47(57)48-20-5-11-27-58(48)70)45-36-39-53-50-22-7-13-29-60(50)71(65(53)42-45)61-30-14-16-33-67(61)73-66-32-15-8-23-54(66)55-24-17-31-62(71)68(55)73/h1-46H;3-42H,1-2H3. The molecule has 0 N–H and O–H groups in total. The van der Waals surface area contributed by atoms with E-state index in [9.17, 15) is 0 Å². The highest BCUT2D eigenvalue weighted by molar-refractivity contribution is 6.16. The molecule has 2 aliphatic heterocycles. The Labute approximate surface area is 864 Å². The van der Waals surface area contributed by atoms with Gasteiger partial charge in [0.2, 0.25) is 0 Å². The quantitative estimate of drug-likeness (QED) is 0.151. The lowest BCUT2D eigenvalue weighted by Gasteiger charge is -2.40. The predicted octanol–water partition coefficient (Wildman–Crippen LogP) is 36.2. The Kier molecular flexibility index (Phi) is 16.8. The van der Waals surface area contributed by atoms with Gasteiger partial charge in [0, 0.05) is 61.1 Å². The molecule has 7 aliphatic carbocycles. The summed E-state index contributed by atoms with van der Waals surface area (Å²) in [6.45, 7) is 4.79. The van der Waals surface area contributed by atoms with Crippen molar-refractivity contribution >= 4 is 77.7 Å². The second-order valence-electron chi connectivity index (χ2n) is 42.5. The largest absolute Gasteiger partial charge is 0.310 e. The average molecular weight is 1890 g/mol. The molecular formula is C145H92N4. The lowest BCUT2D eigenvalue weighted by Crippen LogP contribution is -2.33. The van der Waals surface area contributed by atoms with Crippen LogP contribution >= 0.6 is 0 Å². The number of rotatable bonds is 8. The van der Waals surface area contributed by atoms with E-state index in [1.807, 2.05) is 0 Å². The number of nitrogens with zero attached hydrogens (tertiary/aromatic N) is 4. The number of benzene rings is 23. The Morgan fingerprint density at radius 3 is 0.698 bits per heavy atom. The van der Waals surface area contributed by atoms with E-state index in [0.29, 0.717) is 0 Å². The van der Waals surface area contributed by atoms with E-state index >= 15 is 0 Å². The van der Waals surface area contributed by atoms with Gasteiger partial charge < -0.3 is 18.9 Å². The molecule has 2 atom stereocenters. The fraction of sp³-hybridized carbons (Fsp3) is 0.0483. The Bertz CT molecular complexity index is 10100. The number of anilines is 6. The van der Waals surface area contributed by atoms with Crippen molar-refractivity contribution in [3.63, 3.8) is 0 Å². The molecule has 34 rings (SSSR count). The van der Waals surface area contributed by atoms with Crippen molar-refractivity contribution < 1.29 is 0 Å². The van der Waals surface area contributed by atoms with E-state index in [-0.39, 0.29) is 5.41 Å². The van der Waals surface area contributed by atoms with Gasteiger partial charge in [0.05, 0.1) is 55.1 Å². The van der Waals surface area contributed by atoms with Gasteiger partial charge in [-0.15, -0.1) is 0 Å². The smallest absolute Gasteiger partial charge is 0.0755 e. The first-order valence-electron chi connectivity index (χ1n) is 52.4. The van der Waals surface area contributed by atoms with E-state index in [1.54, 1.807) is 0 Å². The summed E-state index contributed by atoms with van der Waals surface area (Å²) in [5, 5.41) is 5.12. The number of aromatic nitrogens is 2. The molecular weight excluding hydrogens is 1800 g/mol. The number of fused-ring (bicyclic) bond motifs is 47. The molecule has 0 radical (unpaired) electrons. The Hall–Kier alpha value is -18.7. The monoisotopic (exact) mass is 1890 g/mol. The third-order valence-corrected chi connectivity index (χ3v) is 35.6. The molecule has 2 aromatic heterocycles. The molecule has 149 heavy (non-hydrogen) atoms. The molecule has 0 saturated carbocycles. The van der Waals surface area contributed by atoms with Crippen molar-refractivity contribution in [2.75, 3.05) is 9.80 Å². The summed E-state index contributed by atoms with van der Waals surface area (Å²) in [5.74, 6) is 0. The predicted molar refractivity (Wildman–Crippen MR) is 614 cm³/mol. The van der Waals surface area contributed by atoms with Crippen molar-refractivity contribution in [1.29, 1.82) is 0 Å². The Morgan fingerprint density at radius 2 is 0.362 bits per heavy atom. The third-order valence-electron chi connectivity index (χ3n) is 35.6. The van der Waals surface area contributed by atoms with Gasteiger partial charge in [-0.2, -0.15) is 0 Å². The topological polar surface area (TPSA) is 16.3 Å². The maximum atomic E-state index is 2.58. The summed E-state index contributed by atoms with van der Waals surface area (Å²) < 4.78 is 5.07. The van der Waals surface area contributed by atoms with Crippen LogP contribution in [0.2, 0.25) is 0 Å². The molecule has 692 valence electrons. The molecule has 0 saturated heterocycles. The maximum absolute atomic E-state index is 2.58. The highest BCUT2D eigenvalue weighted by atomic mass is 15.2. The first-order chi connectivity index (χ1) is 73.7. The summed E-state index contributed by atoms with van der Waals surface area (Å²) in [6, 6.07) is 198. The highest BCUT2D eigenvalue weighted by Gasteiger charge is 2.57. The lowest BCUT2D eigenvalue weighted by atomic mass is 9.65. The van der Waals surface area contributed by atoms with Crippen molar-refractivity contribution in [2.24, 2.45) is 0 Å². The van der Waals surface area contributed by atoms with Crippen LogP contribution in [0.25, 0.3) is 155 Å². The average Bonchev–Trinajstić information content (AvgIpc) is 1.53. The van der Waals surface area contributed by atoms with Gasteiger partial charge in [0.25, 0.3) is 0 Å². The van der Waals surface area contributed by atoms with Gasteiger partial charge in [-0.05, 0) is 297 Å². The minimum atomic E-state index is -0.592. The molecule has 25 aromatic rings. The molecule has 4 heterocycles. The minimum absolute atomic E-state index is 0.179. The van der Waals surface area contributed by atoms with Gasteiger partial charge in [0.15, 0.2) is 0 Å². The fourth-order valence-electron chi connectivity index (χ4n) is 29.8. The van der Waals surface area contributed by atoms with Crippen LogP contribution in [0.15, 0.2) is 522 Å². The van der Waals surface area contributed by atoms with E-state index in [4.69, 9.17) is 0 Å². The summed E-state index contributed by atoms with van der Waals surface area (Å²) in [6.07, 6.45) is 0. The first-order valence-corrected chi connectivity index (χ1v) is 52.4. The summed E-state index contributed by atoms with van der Waals surface area (Å²) in [7, 11) is 0. The van der Waals surface area contributed by atoms with Crippen LogP contribution in [0.5, 0.6) is 0 Å². The Balaban J connectivity index is 0.000000129. The van der Waals surface area contributed by atoms with Crippen LogP contribution in [0, 0.1) is 0 Å². The summed E-state index contributed by atoms with van der Waals surface area (Å²) in [4.78, 5) is 5.10. The zero-order valence-corrected chi connectivity index (χ0v) is 81.9. The van der Waals surface area contributed by atoms with Crippen LogP contribution < -0.4 is 9.80 Å². The molecule has 4 nitrogen and oxygen atoms in total. The van der Waals surface area contributed by atoms with Crippen molar-refractivity contribution in [2.45, 2.75) is 40.9 Å². The van der Waals surface area contributed by atoms with Crippen LogP contribution in [0.4, 0.5) is 34.1 Å². The van der Waals surface area contributed by atoms with Gasteiger partial charge in [-0.25, -0.2) is 0 Å². The van der Waals surface area contributed by atoms with Crippen molar-refractivity contribution in [3.8, 4) is 112 Å². The van der Waals surface area contributed by atoms with Gasteiger partial charge >= 0.3 is 0 Å².